The van der Waals surface area contributed by atoms with Gasteiger partial charge in [0.1, 0.15) is 17.3 Å². The van der Waals surface area contributed by atoms with Gasteiger partial charge in [-0.3, -0.25) is 20.2 Å². The van der Waals surface area contributed by atoms with E-state index < -0.39 is 10.8 Å². The number of methoxy groups -OCH3 is 1. The quantitative estimate of drug-likeness (QED) is 0.197. The van der Waals surface area contributed by atoms with Crippen molar-refractivity contribution >= 4 is 63.9 Å². The number of hydrogen-bond acceptors (Lipinski definition) is 6. The fourth-order valence-electron chi connectivity index (χ4n) is 2.64. The van der Waals surface area contributed by atoms with Crippen LogP contribution < -0.4 is 15.4 Å². The number of anilines is 1. The van der Waals surface area contributed by atoms with Crippen LogP contribution in [0.4, 0.5) is 11.4 Å². The standard InChI is InChI=1S/C21H15Cl2N3O5S/c1-30-18-11-12(26(28)29)5-8-16(18)24-21(32)25-19(27)10-7-13-6-9-17(31-13)14-3-2-4-15(22)20(14)23/h2-11H,1H3,(H2,24,25,27,32). The van der Waals surface area contributed by atoms with Crippen LogP contribution in [0.3, 0.4) is 0 Å². The fraction of sp³-hybridized carbons (Fsp3) is 0.0476. The predicted octanol–water partition coefficient (Wildman–Crippen LogP) is 5.70. The summed E-state index contributed by atoms with van der Waals surface area (Å²) in [5.41, 5.74) is 0.856. The summed E-state index contributed by atoms with van der Waals surface area (Å²) < 4.78 is 10.8. The Hall–Kier alpha value is -3.40. The summed E-state index contributed by atoms with van der Waals surface area (Å²) in [4.78, 5) is 22.5. The molecule has 2 N–H and O–H groups in total. The third-order valence-electron chi connectivity index (χ3n) is 4.12. The molecule has 1 aromatic heterocycles. The van der Waals surface area contributed by atoms with E-state index in [0.29, 0.717) is 32.8 Å². The molecular weight excluding hydrogens is 477 g/mol. The van der Waals surface area contributed by atoms with Crippen LogP contribution in [0.1, 0.15) is 5.76 Å². The van der Waals surface area contributed by atoms with Gasteiger partial charge in [0.2, 0.25) is 5.91 Å². The molecular formula is C21H15Cl2N3O5S. The number of nitro groups is 1. The lowest BCUT2D eigenvalue weighted by molar-refractivity contribution is -0.384. The second-order valence-corrected chi connectivity index (χ2v) is 7.42. The monoisotopic (exact) mass is 491 g/mol. The zero-order valence-electron chi connectivity index (χ0n) is 16.4. The highest BCUT2D eigenvalue weighted by Gasteiger charge is 2.13. The molecule has 3 rings (SSSR count). The molecule has 0 unspecified atom stereocenters. The summed E-state index contributed by atoms with van der Waals surface area (Å²) in [6, 6.07) is 12.5. The van der Waals surface area contributed by atoms with Crippen molar-refractivity contribution < 1.29 is 18.9 Å². The number of furan rings is 1. The molecule has 0 aliphatic rings. The molecule has 0 aliphatic heterocycles. The summed E-state index contributed by atoms with van der Waals surface area (Å²) >= 11 is 17.3. The topological polar surface area (TPSA) is 107 Å². The number of nitro benzene ring substituents is 1. The SMILES string of the molecule is COc1cc([N+](=O)[O-])ccc1NC(=S)NC(=O)C=Cc1ccc(-c2cccc(Cl)c2Cl)o1. The highest BCUT2D eigenvalue weighted by atomic mass is 35.5. The highest BCUT2D eigenvalue weighted by Crippen LogP contribution is 2.34. The first-order valence-corrected chi connectivity index (χ1v) is 10.1. The van der Waals surface area contributed by atoms with Crippen LogP contribution in [-0.4, -0.2) is 23.1 Å². The summed E-state index contributed by atoms with van der Waals surface area (Å²) in [5, 5.41) is 16.9. The number of non-ortho nitro benzene ring substituents is 1. The number of carbonyl (C=O) groups is 1. The molecule has 0 saturated carbocycles. The van der Waals surface area contributed by atoms with E-state index in [0.717, 1.165) is 0 Å². The molecule has 164 valence electrons. The molecule has 2 aromatic carbocycles. The molecule has 0 bridgehead atoms. The van der Waals surface area contributed by atoms with E-state index in [4.69, 9.17) is 44.6 Å². The molecule has 8 nitrogen and oxygen atoms in total. The van der Waals surface area contributed by atoms with Crippen LogP contribution in [0, 0.1) is 10.1 Å². The Morgan fingerprint density at radius 2 is 2.00 bits per heavy atom. The molecule has 0 radical (unpaired) electrons. The predicted molar refractivity (Wildman–Crippen MR) is 127 cm³/mol. The van der Waals surface area contributed by atoms with Gasteiger partial charge in [0.05, 0.1) is 33.8 Å². The second kappa shape index (κ2) is 10.3. The third-order valence-corrected chi connectivity index (χ3v) is 5.15. The van der Waals surface area contributed by atoms with E-state index >= 15 is 0 Å². The number of nitrogens with zero attached hydrogens (tertiary/aromatic N) is 1. The Bertz CT molecular complexity index is 1230. The minimum Gasteiger partial charge on any atom is -0.494 e. The Labute approximate surface area is 197 Å². The van der Waals surface area contributed by atoms with Gasteiger partial charge in [-0.25, -0.2) is 0 Å². The maximum absolute atomic E-state index is 12.2. The Kier molecular flexibility index (Phi) is 7.47. The molecule has 0 spiro atoms. The maximum Gasteiger partial charge on any atom is 0.273 e. The van der Waals surface area contributed by atoms with Crippen molar-refractivity contribution in [2.45, 2.75) is 0 Å². The van der Waals surface area contributed by atoms with Gasteiger partial charge >= 0.3 is 0 Å². The number of nitrogens with one attached hydrogen (secondary N) is 2. The second-order valence-electron chi connectivity index (χ2n) is 6.22. The first-order valence-electron chi connectivity index (χ1n) is 8.95. The smallest absolute Gasteiger partial charge is 0.273 e. The summed E-state index contributed by atoms with van der Waals surface area (Å²) in [6.45, 7) is 0. The van der Waals surface area contributed by atoms with Crippen LogP contribution in [0.25, 0.3) is 17.4 Å². The number of thiocarbonyl (C=S) groups is 1. The van der Waals surface area contributed by atoms with Crippen molar-refractivity contribution in [2.75, 3.05) is 12.4 Å². The summed E-state index contributed by atoms with van der Waals surface area (Å²) in [5.74, 6) is 0.610. The minimum absolute atomic E-state index is 0.0161. The van der Waals surface area contributed by atoms with Gasteiger partial charge in [-0.2, -0.15) is 0 Å². The Morgan fingerprint density at radius 3 is 2.72 bits per heavy atom. The van der Waals surface area contributed by atoms with Crippen molar-refractivity contribution in [3.8, 4) is 17.1 Å². The van der Waals surface area contributed by atoms with E-state index in [-0.39, 0.29) is 16.5 Å². The van der Waals surface area contributed by atoms with Gasteiger partial charge in [0, 0.05) is 17.7 Å². The lowest BCUT2D eigenvalue weighted by Crippen LogP contribution is -2.32. The first-order chi connectivity index (χ1) is 15.3. The third kappa shape index (κ3) is 5.64. The van der Waals surface area contributed by atoms with Crippen LogP contribution in [-0.2, 0) is 4.79 Å². The maximum atomic E-state index is 12.2. The molecule has 1 amide bonds. The van der Waals surface area contributed by atoms with Gasteiger partial charge in [-0.15, -0.1) is 0 Å². The Balaban J connectivity index is 1.62. The van der Waals surface area contributed by atoms with Gasteiger partial charge < -0.3 is 14.5 Å². The normalized spacial score (nSPS) is 10.7. The van der Waals surface area contributed by atoms with E-state index in [1.807, 2.05) is 0 Å². The van der Waals surface area contributed by atoms with Crippen molar-refractivity contribution in [3.05, 3.63) is 80.5 Å². The number of hydrogen-bond donors (Lipinski definition) is 2. The van der Waals surface area contributed by atoms with Crippen molar-refractivity contribution in [2.24, 2.45) is 0 Å². The van der Waals surface area contributed by atoms with Crippen molar-refractivity contribution in [3.63, 3.8) is 0 Å². The Morgan fingerprint density at radius 1 is 1.22 bits per heavy atom. The van der Waals surface area contributed by atoms with E-state index in [1.165, 1.54) is 37.5 Å². The number of ether oxygens (including phenoxy) is 1. The van der Waals surface area contributed by atoms with E-state index in [9.17, 15) is 14.9 Å². The van der Waals surface area contributed by atoms with Gasteiger partial charge in [-0.1, -0.05) is 29.3 Å². The number of halogens is 2. The molecule has 0 saturated heterocycles. The van der Waals surface area contributed by atoms with Crippen LogP contribution >= 0.6 is 35.4 Å². The minimum atomic E-state index is -0.544. The molecule has 0 aliphatic carbocycles. The van der Waals surface area contributed by atoms with E-state index in [1.54, 1.807) is 30.3 Å². The van der Waals surface area contributed by atoms with Crippen LogP contribution in [0.15, 0.2) is 59.0 Å². The van der Waals surface area contributed by atoms with Crippen molar-refractivity contribution in [1.29, 1.82) is 0 Å². The number of rotatable bonds is 6. The van der Waals surface area contributed by atoms with Crippen LogP contribution in [0.5, 0.6) is 5.75 Å². The largest absolute Gasteiger partial charge is 0.494 e. The lowest BCUT2D eigenvalue weighted by Gasteiger charge is -2.11. The average Bonchev–Trinajstić information content (AvgIpc) is 3.23. The molecule has 1 heterocycles. The molecule has 0 fully saturated rings. The molecule has 32 heavy (non-hydrogen) atoms. The zero-order chi connectivity index (χ0) is 23.3. The van der Waals surface area contributed by atoms with Crippen LogP contribution in [0.2, 0.25) is 10.0 Å². The molecule has 0 atom stereocenters. The van der Waals surface area contributed by atoms with E-state index in [2.05, 4.69) is 10.6 Å². The number of amides is 1. The molecule has 11 heteroatoms. The average molecular weight is 492 g/mol. The fourth-order valence-corrected chi connectivity index (χ4v) is 3.25. The lowest BCUT2D eigenvalue weighted by atomic mass is 10.2. The number of benzene rings is 2. The van der Waals surface area contributed by atoms with Gasteiger partial charge in [0.15, 0.2) is 5.11 Å². The van der Waals surface area contributed by atoms with Gasteiger partial charge in [0.25, 0.3) is 5.69 Å². The zero-order valence-corrected chi connectivity index (χ0v) is 18.8. The first kappa shape index (κ1) is 23.3. The summed E-state index contributed by atoms with van der Waals surface area (Å²) in [7, 11) is 1.36. The highest BCUT2D eigenvalue weighted by molar-refractivity contribution is 7.80. The summed E-state index contributed by atoms with van der Waals surface area (Å²) in [6.07, 6.45) is 2.70. The van der Waals surface area contributed by atoms with Gasteiger partial charge in [-0.05, 0) is 48.6 Å². The number of carbonyl (C=O) groups excluding carboxylic acids is 1. The molecule has 3 aromatic rings. The van der Waals surface area contributed by atoms with Crippen molar-refractivity contribution in [1.82, 2.24) is 5.32 Å².